The van der Waals surface area contributed by atoms with Crippen molar-refractivity contribution in [3.8, 4) is 0 Å². The fourth-order valence-corrected chi connectivity index (χ4v) is 2.92. The molecule has 0 heterocycles. The van der Waals surface area contributed by atoms with Crippen molar-refractivity contribution in [3.05, 3.63) is 108 Å². The molecule has 2 heteroatoms. The molecule has 0 radical (unpaired) electrons. The number of rotatable bonds is 8. The molecular weight excluding hydrogens is 304 g/mol. The summed E-state index contributed by atoms with van der Waals surface area (Å²) in [6.07, 6.45) is 0. The van der Waals surface area contributed by atoms with Crippen molar-refractivity contribution < 1.29 is 1.37 Å². The number of hydrogen-bond donors (Lipinski definition) is 2. The van der Waals surface area contributed by atoms with Crippen LogP contribution in [0.3, 0.4) is 0 Å². The van der Waals surface area contributed by atoms with Crippen LogP contribution in [-0.2, 0) is 13.1 Å². The first-order valence-electron chi connectivity index (χ1n) is 9.26. The van der Waals surface area contributed by atoms with E-state index in [9.17, 15) is 0 Å². The van der Waals surface area contributed by atoms with Crippen LogP contribution in [0.2, 0.25) is 0 Å². The summed E-state index contributed by atoms with van der Waals surface area (Å²) in [6, 6.07) is 29.8. The van der Waals surface area contributed by atoms with Gasteiger partial charge in [-0.05, 0) is 23.6 Å². The quantitative estimate of drug-likeness (QED) is 0.625. The second-order valence-electron chi connectivity index (χ2n) is 6.23. The summed E-state index contributed by atoms with van der Waals surface area (Å²) in [6.45, 7) is 3.32. The number of benzene rings is 3. The summed E-state index contributed by atoms with van der Waals surface area (Å²) in [5.41, 5.74) is 3.51. The molecule has 2 N–H and O–H groups in total. The second-order valence-corrected chi connectivity index (χ2v) is 6.23. The van der Waals surface area contributed by atoms with E-state index in [1.54, 1.807) is 0 Å². The molecule has 0 aromatic heterocycles. The summed E-state index contributed by atoms with van der Waals surface area (Å²) < 4.78 is 8.96. The number of hydrogen-bond acceptors (Lipinski definition) is 2. The van der Waals surface area contributed by atoms with E-state index in [1.165, 1.54) is 11.1 Å². The maximum absolute atomic E-state index is 8.96. The minimum Gasteiger partial charge on any atom is -0.308 e. The van der Waals surface area contributed by atoms with E-state index in [4.69, 9.17) is 1.37 Å². The second kappa shape index (κ2) is 9.16. The minimum atomic E-state index is -0.855. The summed E-state index contributed by atoms with van der Waals surface area (Å²) in [5.74, 6) is 0. The fraction of sp³-hybridized carbons (Fsp3) is 0.217. The third-order valence-electron chi connectivity index (χ3n) is 4.33. The lowest BCUT2D eigenvalue weighted by Crippen LogP contribution is -2.39. The zero-order chi connectivity index (χ0) is 18.2. The van der Waals surface area contributed by atoms with Gasteiger partial charge in [0.2, 0.25) is 0 Å². The summed E-state index contributed by atoms with van der Waals surface area (Å²) in [7, 11) is 0. The fourth-order valence-electron chi connectivity index (χ4n) is 2.92. The first-order chi connectivity index (χ1) is 12.6. The van der Waals surface area contributed by atoms with E-state index >= 15 is 0 Å². The molecule has 0 bridgehead atoms. The zero-order valence-corrected chi connectivity index (χ0v) is 14.7. The standard InChI is InChI=1S/C23H26N2/c1-19(24-17-20-11-5-2-6-12-20)23(22-15-9-4-10-16-22)25-18-21-13-7-3-8-14-21/h2-16,19,23-25H,17-18H2,1H3/t19-,23-/m1/s1/i19D. The van der Waals surface area contributed by atoms with Crippen LogP contribution in [-0.4, -0.2) is 6.02 Å². The van der Waals surface area contributed by atoms with E-state index in [-0.39, 0.29) is 6.04 Å². The Balaban J connectivity index is 1.75. The molecule has 128 valence electrons. The topological polar surface area (TPSA) is 24.1 Å². The smallest absolute Gasteiger partial charge is 0.0482 e. The van der Waals surface area contributed by atoms with Crippen molar-refractivity contribution in [3.63, 3.8) is 0 Å². The van der Waals surface area contributed by atoms with E-state index < -0.39 is 6.02 Å². The molecule has 0 fully saturated rings. The molecule has 3 aromatic carbocycles. The Labute approximate surface area is 152 Å². The van der Waals surface area contributed by atoms with Crippen LogP contribution in [0, 0.1) is 0 Å². The van der Waals surface area contributed by atoms with Gasteiger partial charge >= 0.3 is 0 Å². The third kappa shape index (κ3) is 5.28. The molecule has 0 amide bonds. The van der Waals surface area contributed by atoms with Crippen LogP contribution in [0.1, 0.15) is 31.0 Å². The average molecular weight is 331 g/mol. The lowest BCUT2D eigenvalue weighted by atomic mass is 9.99. The van der Waals surface area contributed by atoms with Crippen molar-refractivity contribution in [2.75, 3.05) is 0 Å². The highest BCUT2D eigenvalue weighted by molar-refractivity contribution is 5.22. The molecular formula is C23H26N2. The Bertz CT molecular complexity index is 773. The maximum atomic E-state index is 8.96. The van der Waals surface area contributed by atoms with Crippen molar-refractivity contribution >= 4 is 0 Å². The van der Waals surface area contributed by atoms with Crippen molar-refractivity contribution in [1.82, 2.24) is 10.6 Å². The van der Waals surface area contributed by atoms with Gasteiger partial charge in [0.25, 0.3) is 0 Å². The molecule has 0 spiro atoms. The first-order valence-corrected chi connectivity index (χ1v) is 8.76. The van der Waals surface area contributed by atoms with Crippen molar-refractivity contribution in [1.29, 1.82) is 0 Å². The van der Waals surface area contributed by atoms with Crippen LogP contribution in [0.25, 0.3) is 0 Å². The predicted molar refractivity (Wildman–Crippen MR) is 105 cm³/mol. The predicted octanol–water partition coefficient (Wildman–Crippen LogP) is 4.70. The van der Waals surface area contributed by atoms with Gasteiger partial charge in [-0.1, -0.05) is 91.0 Å². The molecule has 0 aliphatic heterocycles. The van der Waals surface area contributed by atoms with E-state index in [0.717, 1.165) is 12.1 Å². The summed E-state index contributed by atoms with van der Waals surface area (Å²) >= 11 is 0. The van der Waals surface area contributed by atoms with Gasteiger partial charge in [0, 0.05) is 26.5 Å². The van der Waals surface area contributed by atoms with Gasteiger partial charge in [-0.25, -0.2) is 0 Å². The lowest BCUT2D eigenvalue weighted by Gasteiger charge is -2.27. The number of nitrogens with one attached hydrogen (secondary N) is 2. The summed E-state index contributed by atoms with van der Waals surface area (Å²) in [4.78, 5) is 0. The maximum Gasteiger partial charge on any atom is 0.0482 e. The van der Waals surface area contributed by atoms with Crippen LogP contribution in [0.5, 0.6) is 0 Å². The SMILES string of the molecule is [2H][C@](C)(NCc1ccccc1)[C@@H](NCc1ccccc1)c1ccccc1. The normalized spacial score (nSPS) is 15.2. The van der Waals surface area contributed by atoms with E-state index in [0.29, 0.717) is 6.54 Å². The van der Waals surface area contributed by atoms with Gasteiger partial charge in [0.15, 0.2) is 0 Å². The molecule has 2 nitrogen and oxygen atoms in total. The minimum absolute atomic E-state index is 0.132. The van der Waals surface area contributed by atoms with Gasteiger partial charge < -0.3 is 10.6 Å². The van der Waals surface area contributed by atoms with E-state index in [1.807, 2.05) is 61.5 Å². The van der Waals surface area contributed by atoms with Crippen molar-refractivity contribution in [2.24, 2.45) is 0 Å². The zero-order valence-electron chi connectivity index (χ0n) is 15.7. The van der Waals surface area contributed by atoms with Crippen LogP contribution >= 0.6 is 0 Å². The molecule has 0 unspecified atom stereocenters. The largest absolute Gasteiger partial charge is 0.308 e. The Morgan fingerprint density at radius 3 is 1.64 bits per heavy atom. The van der Waals surface area contributed by atoms with Crippen LogP contribution in [0.15, 0.2) is 91.0 Å². The highest BCUT2D eigenvalue weighted by Gasteiger charge is 2.18. The van der Waals surface area contributed by atoms with Crippen LogP contribution < -0.4 is 10.6 Å². The van der Waals surface area contributed by atoms with Gasteiger partial charge in [-0.3, -0.25) is 0 Å². The Hall–Kier alpha value is -2.42. The molecule has 3 rings (SSSR count). The van der Waals surface area contributed by atoms with Gasteiger partial charge in [-0.2, -0.15) is 0 Å². The molecule has 0 aliphatic rings. The molecule has 3 aromatic rings. The highest BCUT2D eigenvalue weighted by Crippen LogP contribution is 2.18. The first kappa shape index (κ1) is 16.1. The Kier molecular flexibility index (Phi) is 5.89. The molecule has 0 saturated heterocycles. The van der Waals surface area contributed by atoms with Gasteiger partial charge in [0.05, 0.1) is 0 Å². The summed E-state index contributed by atoms with van der Waals surface area (Å²) in [5, 5.41) is 6.99. The Morgan fingerprint density at radius 2 is 1.12 bits per heavy atom. The third-order valence-corrected chi connectivity index (χ3v) is 4.33. The van der Waals surface area contributed by atoms with Crippen molar-refractivity contribution in [2.45, 2.75) is 32.1 Å². The van der Waals surface area contributed by atoms with Gasteiger partial charge in [0.1, 0.15) is 0 Å². The highest BCUT2D eigenvalue weighted by atomic mass is 15.0. The van der Waals surface area contributed by atoms with E-state index in [2.05, 4.69) is 47.0 Å². The lowest BCUT2D eigenvalue weighted by molar-refractivity contribution is 0.394. The molecule has 25 heavy (non-hydrogen) atoms. The molecule has 0 saturated carbocycles. The van der Waals surface area contributed by atoms with Gasteiger partial charge in [-0.15, -0.1) is 0 Å². The van der Waals surface area contributed by atoms with Crippen LogP contribution in [0.4, 0.5) is 0 Å². The average Bonchev–Trinajstić information content (AvgIpc) is 2.69. The monoisotopic (exact) mass is 331 g/mol. The molecule has 2 atom stereocenters. The molecule has 0 aliphatic carbocycles. The Morgan fingerprint density at radius 1 is 0.680 bits per heavy atom.